The molecule has 1 aliphatic carbocycles. The lowest BCUT2D eigenvalue weighted by Gasteiger charge is -2.35. The first-order valence-corrected chi connectivity index (χ1v) is 20.1. The fraction of sp³-hybridized carbons (Fsp3) is 0.677. The normalized spacial score (nSPS) is 29.7. The van der Waals surface area contributed by atoms with Gasteiger partial charge >= 0.3 is 5.97 Å². The molecule has 2 heterocycles. The van der Waals surface area contributed by atoms with Gasteiger partial charge in [-0.1, -0.05) is 84.9 Å². The predicted octanol–water partition coefficient (Wildman–Crippen LogP) is 8.07. The van der Waals surface area contributed by atoms with E-state index >= 15 is 0 Å². The van der Waals surface area contributed by atoms with E-state index in [9.17, 15) is 9.59 Å². The molecule has 7 heteroatoms. The number of rotatable bonds is 10. The van der Waals surface area contributed by atoms with Gasteiger partial charge in [-0.15, -0.1) is 0 Å². The summed E-state index contributed by atoms with van der Waals surface area (Å²) in [4.78, 5) is 25.6. The van der Waals surface area contributed by atoms with Gasteiger partial charge in [-0.2, -0.15) is 0 Å². The van der Waals surface area contributed by atoms with E-state index < -0.39 is 28.7 Å². The number of hydrogen-bond donors (Lipinski definition) is 0. The average molecular weight is 561 g/mol. The molecule has 0 aromatic carbocycles. The van der Waals surface area contributed by atoms with Crippen LogP contribution in [0, 0.1) is 5.92 Å². The van der Waals surface area contributed by atoms with Crippen LogP contribution in [-0.4, -0.2) is 46.7 Å². The van der Waals surface area contributed by atoms with Crippen LogP contribution in [0.25, 0.3) is 0 Å². The van der Waals surface area contributed by atoms with E-state index in [2.05, 4.69) is 72.8 Å². The van der Waals surface area contributed by atoms with Crippen molar-refractivity contribution in [1.29, 1.82) is 0 Å². The highest BCUT2D eigenvalue weighted by Gasteiger charge is 2.37. The summed E-state index contributed by atoms with van der Waals surface area (Å²) in [6, 6.07) is 6.48. The molecule has 0 unspecified atom stereocenters. The second kappa shape index (κ2) is 15.9. The molecular formula is C31H52O5Si2. The van der Waals surface area contributed by atoms with Crippen LogP contribution in [0.3, 0.4) is 0 Å². The summed E-state index contributed by atoms with van der Waals surface area (Å²) < 4.78 is 19.5. The minimum atomic E-state index is -1.87. The van der Waals surface area contributed by atoms with Crippen LogP contribution in [0.5, 0.6) is 0 Å². The first-order chi connectivity index (χ1) is 18.2. The molecule has 0 amide bonds. The van der Waals surface area contributed by atoms with Crippen molar-refractivity contribution in [2.24, 2.45) is 5.92 Å². The topological polar surface area (TPSA) is 61.8 Å². The van der Waals surface area contributed by atoms with E-state index in [1.54, 1.807) is 6.08 Å². The molecule has 5 nitrogen and oxygen atoms in total. The Balaban J connectivity index is 2.39. The van der Waals surface area contributed by atoms with Crippen LogP contribution in [0.15, 0.2) is 48.1 Å². The van der Waals surface area contributed by atoms with E-state index in [-0.39, 0.29) is 35.9 Å². The predicted molar refractivity (Wildman–Crippen MR) is 162 cm³/mol. The Morgan fingerprint density at radius 3 is 1.97 bits per heavy atom. The Hall–Kier alpha value is -1.55. The lowest BCUT2D eigenvalue weighted by Crippen LogP contribution is -2.42. The number of hydrogen-bond acceptors (Lipinski definition) is 5. The maximum atomic E-state index is 12.9. The van der Waals surface area contributed by atoms with Gasteiger partial charge in [0.25, 0.3) is 0 Å². The monoisotopic (exact) mass is 560 g/mol. The molecule has 0 N–H and O–H groups in total. The lowest BCUT2D eigenvalue weighted by atomic mass is 9.96. The second-order valence-corrected chi connectivity index (χ2v) is 20.4. The third-order valence-corrected chi connectivity index (χ3v) is 18.2. The van der Waals surface area contributed by atoms with Crippen LogP contribution in [0.2, 0.25) is 36.3 Å². The Kier molecular flexibility index (Phi) is 13.7. The molecule has 38 heavy (non-hydrogen) atoms. The molecule has 3 aliphatic rings. The molecule has 0 spiro atoms. The van der Waals surface area contributed by atoms with Crippen LogP contribution in [-0.2, 0) is 23.2 Å². The first-order valence-electron chi connectivity index (χ1n) is 15.0. The van der Waals surface area contributed by atoms with E-state index in [4.69, 9.17) is 13.6 Å². The number of carbonyl (C=O) groups is 2. The van der Waals surface area contributed by atoms with Crippen molar-refractivity contribution in [1.82, 2.24) is 0 Å². The van der Waals surface area contributed by atoms with Crippen molar-refractivity contribution >= 4 is 28.4 Å². The molecule has 1 saturated heterocycles. The smallest absolute Gasteiger partial charge is 0.342 e. The number of ether oxygens (including phenoxy) is 1. The van der Waals surface area contributed by atoms with Gasteiger partial charge in [-0.3, -0.25) is 4.79 Å². The summed E-state index contributed by atoms with van der Waals surface area (Å²) in [6.45, 7) is 15.7. The fourth-order valence-corrected chi connectivity index (χ4v) is 11.3. The summed E-state index contributed by atoms with van der Waals surface area (Å²) in [6.07, 6.45) is 15.9. The molecule has 0 saturated carbocycles. The molecular weight excluding hydrogens is 509 g/mol. The Bertz CT molecular complexity index is 846. The van der Waals surface area contributed by atoms with Crippen molar-refractivity contribution in [3.63, 3.8) is 0 Å². The number of carbonyl (C=O) groups excluding carboxylic acids is 2. The Labute approximate surface area is 234 Å². The van der Waals surface area contributed by atoms with Crippen molar-refractivity contribution < 1.29 is 23.2 Å². The summed E-state index contributed by atoms with van der Waals surface area (Å²) in [5.41, 5.74) is 0.147. The van der Waals surface area contributed by atoms with Crippen LogP contribution < -0.4 is 0 Å². The lowest BCUT2D eigenvalue weighted by molar-refractivity contribution is -0.152. The molecule has 4 atom stereocenters. The minimum Gasteiger partial charge on any atom is -0.458 e. The molecule has 214 valence electrons. The van der Waals surface area contributed by atoms with Gasteiger partial charge in [0.2, 0.25) is 0 Å². The van der Waals surface area contributed by atoms with Gasteiger partial charge in [0, 0.05) is 12.8 Å². The van der Waals surface area contributed by atoms with Crippen molar-refractivity contribution in [2.75, 3.05) is 0 Å². The third-order valence-electron chi connectivity index (χ3n) is 8.82. The highest BCUT2D eigenvalue weighted by Crippen LogP contribution is 2.30. The third kappa shape index (κ3) is 9.00. The average Bonchev–Trinajstić information content (AvgIpc) is 2.92. The van der Waals surface area contributed by atoms with Gasteiger partial charge < -0.3 is 13.6 Å². The number of allylic oxidation sites excluding steroid dienone is 5. The molecule has 2 aliphatic heterocycles. The van der Waals surface area contributed by atoms with E-state index in [0.717, 1.165) is 49.1 Å². The molecule has 2 bridgehead atoms. The molecule has 0 radical (unpaired) electrons. The zero-order chi connectivity index (χ0) is 28.2. The van der Waals surface area contributed by atoms with Crippen molar-refractivity contribution in [2.45, 2.75) is 129 Å². The highest BCUT2D eigenvalue weighted by molar-refractivity contribution is 6.74. The van der Waals surface area contributed by atoms with Gasteiger partial charge in [0.15, 0.2) is 22.4 Å². The van der Waals surface area contributed by atoms with Crippen LogP contribution in [0.4, 0.5) is 0 Å². The number of Topliss-reactive ketones (excluding diaryl/α,β-unsaturated/α-hetero) is 1. The van der Waals surface area contributed by atoms with Gasteiger partial charge in [-0.25, -0.2) is 4.79 Å². The quantitative estimate of drug-likeness (QED) is 0.154. The van der Waals surface area contributed by atoms with Gasteiger partial charge in [0.1, 0.15) is 11.7 Å². The van der Waals surface area contributed by atoms with E-state index in [1.807, 2.05) is 12.2 Å². The fourth-order valence-electron chi connectivity index (χ4n) is 5.53. The maximum absolute atomic E-state index is 12.9. The molecule has 0 aromatic rings. The zero-order valence-corrected chi connectivity index (χ0v) is 27.0. The van der Waals surface area contributed by atoms with Crippen molar-refractivity contribution in [3.05, 3.63) is 48.1 Å². The minimum absolute atomic E-state index is 0.0222. The van der Waals surface area contributed by atoms with E-state index in [1.165, 1.54) is 0 Å². The largest absolute Gasteiger partial charge is 0.458 e. The summed E-state index contributed by atoms with van der Waals surface area (Å²) in [5, 5.41) is 0. The Morgan fingerprint density at radius 2 is 1.39 bits per heavy atom. The molecule has 0 aromatic heterocycles. The SMILES string of the molecule is CC[Si](CC)(CC)O[C@H]1C/C=C/C=C\[C@@H](O[Si](CC)(CC)CC)[C@H](C)C/C=C/C=C2/C(=O)C[C@@H](C1)OC2=O. The van der Waals surface area contributed by atoms with Crippen molar-refractivity contribution in [3.8, 4) is 0 Å². The summed E-state index contributed by atoms with van der Waals surface area (Å²) >= 11 is 0. The van der Waals surface area contributed by atoms with Crippen LogP contribution in [0.1, 0.15) is 74.1 Å². The number of ketones is 1. The van der Waals surface area contributed by atoms with Crippen LogP contribution >= 0.6 is 0 Å². The summed E-state index contributed by atoms with van der Waals surface area (Å²) in [7, 11) is -3.66. The Morgan fingerprint density at radius 1 is 0.816 bits per heavy atom. The highest BCUT2D eigenvalue weighted by atomic mass is 28.4. The zero-order valence-electron chi connectivity index (χ0n) is 25.0. The second-order valence-electron chi connectivity index (χ2n) is 11.0. The van der Waals surface area contributed by atoms with Gasteiger partial charge in [-0.05, 0) is 61.1 Å². The first kappa shape index (κ1) is 32.7. The van der Waals surface area contributed by atoms with Gasteiger partial charge in [0.05, 0.1) is 12.2 Å². The molecule has 1 fully saturated rings. The standard InChI is InChI=1S/C31H52O5Si2/c1-8-37(9-2,10-3)35-26-20-15-14-16-22-30(36-38(11-4,12-5)13-6)25(7)19-17-18-21-28-29(32)24-27(23-26)34-31(28)33/h14-18,21-22,25-27,30H,8-13,19-20,23-24H2,1-7H3/b15-14+,18-17+,22-16-,28-21-/t25-,26+,27-,30-/m1/s1. The molecule has 3 rings (SSSR count). The number of fused-ring (bicyclic) bond motifs is 11. The summed E-state index contributed by atoms with van der Waals surface area (Å²) in [5.74, 6) is -0.388. The van der Waals surface area contributed by atoms with E-state index in [0.29, 0.717) is 6.42 Å². The maximum Gasteiger partial charge on any atom is 0.342 e. The number of esters is 1.